The first kappa shape index (κ1) is 11.4. The molecule has 2 rings (SSSR count). The zero-order valence-electron chi connectivity index (χ0n) is 8.74. The SMILES string of the molecule is CN1CC=CC(O)=C1c1ccc(Cl)cc1Cl. The number of allylic oxidation sites excluding steroid dienone is 1. The van der Waals surface area contributed by atoms with Gasteiger partial charge in [-0.1, -0.05) is 29.3 Å². The smallest absolute Gasteiger partial charge is 0.139 e. The summed E-state index contributed by atoms with van der Waals surface area (Å²) in [6, 6.07) is 5.24. The summed E-state index contributed by atoms with van der Waals surface area (Å²) < 4.78 is 0. The summed E-state index contributed by atoms with van der Waals surface area (Å²) in [5.74, 6) is 0.220. The van der Waals surface area contributed by atoms with E-state index >= 15 is 0 Å². The number of hydrogen-bond donors (Lipinski definition) is 1. The van der Waals surface area contributed by atoms with Crippen LogP contribution < -0.4 is 0 Å². The van der Waals surface area contributed by atoms with Gasteiger partial charge in [0.2, 0.25) is 0 Å². The highest BCUT2D eigenvalue weighted by molar-refractivity contribution is 6.35. The number of hydrogen-bond acceptors (Lipinski definition) is 2. The van der Waals surface area contributed by atoms with Crippen LogP contribution in [0.4, 0.5) is 0 Å². The third kappa shape index (κ3) is 2.04. The van der Waals surface area contributed by atoms with Gasteiger partial charge in [-0.15, -0.1) is 0 Å². The summed E-state index contributed by atoms with van der Waals surface area (Å²) in [5, 5.41) is 11.0. The summed E-state index contributed by atoms with van der Waals surface area (Å²) in [6.07, 6.45) is 3.57. The van der Waals surface area contributed by atoms with E-state index in [1.165, 1.54) is 0 Å². The fourth-order valence-corrected chi connectivity index (χ4v) is 2.21. The van der Waals surface area contributed by atoms with Crippen LogP contribution in [-0.4, -0.2) is 23.6 Å². The van der Waals surface area contributed by atoms with Crippen LogP contribution in [0.15, 0.2) is 36.1 Å². The Labute approximate surface area is 104 Å². The highest BCUT2D eigenvalue weighted by Gasteiger charge is 2.17. The molecule has 0 atom stereocenters. The maximum Gasteiger partial charge on any atom is 0.139 e. The number of rotatable bonds is 1. The third-order valence-electron chi connectivity index (χ3n) is 2.47. The first-order valence-corrected chi connectivity index (χ1v) is 5.61. The largest absolute Gasteiger partial charge is 0.506 e. The van der Waals surface area contributed by atoms with E-state index in [2.05, 4.69) is 0 Å². The Morgan fingerprint density at radius 1 is 1.31 bits per heavy atom. The van der Waals surface area contributed by atoms with Crippen LogP contribution in [-0.2, 0) is 0 Å². The van der Waals surface area contributed by atoms with E-state index in [9.17, 15) is 5.11 Å². The highest BCUT2D eigenvalue weighted by atomic mass is 35.5. The van der Waals surface area contributed by atoms with Gasteiger partial charge in [-0.05, 0) is 24.3 Å². The number of likely N-dealkylation sites (N-methyl/N-ethyl adjacent to an activating group) is 1. The lowest BCUT2D eigenvalue weighted by atomic mass is 10.1. The third-order valence-corrected chi connectivity index (χ3v) is 3.01. The molecule has 1 N–H and O–H groups in total. The average molecular weight is 256 g/mol. The minimum absolute atomic E-state index is 0.220. The lowest BCUT2D eigenvalue weighted by molar-refractivity contribution is 0.404. The fraction of sp³-hybridized carbons (Fsp3) is 0.167. The van der Waals surface area contributed by atoms with E-state index < -0.39 is 0 Å². The molecule has 1 aromatic rings. The van der Waals surface area contributed by atoms with Crippen molar-refractivity contribution in [2.75, 3.05) is 13.6 Å². The summed E-state index contributed by atoms with van der Waals surface area (Å²) in [7, 11) is 1.90. The highest BCUT2D eigenvalue weighted by Crippen LogP contribution is 2.31. The zero-order valence-corrected chi connectivity index (χ0v) is 10.3. The van der Waals surface area contributed by atoms with Crippen LogP contribution in [0.3, 0.4) is 0 Å². The molecule has 1 aromatic carbocycles. The molecule has 0 amide bonds. The Morgan fingerprint density at radius 3 is 2.69 bits per heavy atom. The molecular weight excluding hydrogens is 245 g/mol. The summed E-state index contributed by atoms with van der Waals surface area (Å²) in [5.41, 5.74) is 1.51. The van der Waals surface area contributed by atoms with Crippen LogP contribution in [0.25, 0.3) is 5.70 Å². The van der Waals surface area contributed by atoms with Crippen LogP contribution in [0, 0.1) is 0 Å². The first-order chi connectivity index (χ1) is 7.59. The van der Waals surface area contributed by atoms with E-state index in [1.807, 2.05) is 24.1 Å². The quantitative estimate of drug-likeness (QED) is 0.827. The second-order valence-electron chi connectivity index (χ2n) is 3.64. The molecule has 0 saturated heterocycles. The predicted octanol–water partition coefficient (Wildman–Crippen LogP) is 3.72. The lowest BCUT2D eigenvalue weighted by Gasteiger charge is -2.25. The van der Waals surface area contributed by atoms with Gasteiger partial charge in [0.05, 0.1) is 10.7 Å². The normalized spacial score (nSPS) is 15.8. The Morgan fingerprint density at radius 2 is 2.06 bits per heavy atom. The van der Waals surface area contributed by atoms with Crippen LogP contribution in [0.2, 0.25) is 10.0 Å². The molecule has 1 aliphatic rings. The molecule has 1 heterocycles. The molecule has 0 spiro atoms. The van der Waals surface area contributed by atoms with Crippen molar-refractivity contribution in [1.82, 2.24) is 4.90 Å². The van der Waals surface area contributed by atoms with Gasteiger partial charge in [-0.25, -0.2) is 0 Å². The fourth-order valence-electron chi connectivity index (χ4n) is 1.71. The van der Waals surface area contributed by atoms with Crippen molar-refractivity contribution in [3.8, 4) is 0 Å². The van der Waals surface area contributed by atoms with Gasteiger partial charge in [0, 0.05) is 24.2 Å². The number of benzene rings is 1. The van der Waals surface area contributed by atoms with Crippen molar-refractivity contribution in [1.29, 1.82) is 0 Å². The molecule has 2 nitrogen and oxygen atoms in total. The van der Waals surface area contributed by atoms with Crippen LogP contribution in [0.1, 0.15) is 5.56 Å². The Kier molecular flexibility index (Phi) is 3.13. The number of halogens is 2. The molecule has 0 aromatic heterocycles. The van der Waals surface area contributed by atoms with E-state index in [0.717, 1.165) is 17.8 Å². The zero-order chi connectivity index (χ0) is 11.7. The van der Waals surface area contributed by atoms with Gasteiger partial charge in [0.1, 0.15) is 5.76 Å². The topological polar surface area (TPSA) is 23.5 Å². The molecular formula is C12H11Cl2NO. The van der Waals surface area contributed by atoms with Crippen LogP contribution in [0.5, 0.6) is 0 Å². The molecule has 16 heavy (non-hydrogen) atoms. The molecule has 0 aliphatic carbocycles. The monoisotopic (exact) mass is 255 g/mol. The summed E-state index contributed by atoms with van der Waals surface area (Å²) >= 11 is 12.0. The molecule has 0 bridgehead atoms. The van der Waals surface area contributed by atoms with Crippen molar-refractivity contribution >= 4 is 28.9 Å². The second-order valence-corrected chi connectivity index (χ2v) is 4.48. The van der Waals surface area contributed by atoms with Gasteiger partial charge in [0.25, 0.3) is 0 Å². The Bertz CT molecular complexity index is 480. The standard InChI is InChI=1S/C12H11Cl2NO/c1-15-6-2-3-11(16)12(15)9-5-4-8(13)7-10(9)14/h2-5,7,16H,6H2,1H3. The van der Waals surface area contributed by atoms with Crippen molar-refractivity contribution < 1.29 is 5.11 Å². The number of aliphatic hydroxyl groups is 1. The number of aliphatic hydroxyl groups excluding tert-OH is 1. The summed E-state index contributed by atoms with van der Waals surface area (Å²) in [6.45, 7) is 0.748. The maximum atomic E-state index is 9.85. The van der Waals surface area contributed by atoms with Gasteiger partial charge in [0.15, 0.2) is 0 Å². The van der Waals surface area contributed by atoms with E-state index in [1.54, 1.807) is 18.2 Å². The number of nitrogens with zero attached hydrogens (tertiary/aromatic N) is 1. The van der Waals surface area contributed by atoms with Gasteiger partial charge >= 0.3 is 0 Å². The Hall–Kier alpha value is -1.12. The van der Waals surface area contributed by atoms with Crippen molar-refractivity contribution in [3.63, 3.8) is 0 Å². The van der Waals surface area contributed by atoms with Gasteiger partial charge < -0.3 is 10.0 Å². The molecule has 0 saturated carbocycles. The molecule has 84 valence electrons. The second kappa shape index (κ2) is 4.40. The maximum absolute atomic E-state index is 9.85. The minimum Gasteiger partial charge on any atom is -0.506 e. The van der Waals surface area contributed by atoms with E-state index in [4.69, 9.17) is 23.2 Å². The van der Waals surface area contributed by atoms with E-state index in [0.29, 0.717) is 10.0 Å². The molecule has 1 aliphatic heterocycles. The molecule has 4 heteroatoms. The Balaban J connectivity index is 2.54. The molecule has 0 unspecified atom stereocenters. The predicted molar refractivity (Wildman–Crippen MR) is 67.8 cm³/mol. The lowest BCUT2D eigenvalue weighted by Crippen LogP contribution is -2.21. The first-order valence-electron chi connectivity index (χ1n) is 4.86. The summed E-state index contributed by atoms with van der Waals surface area (Å²) in [4.78, 5) is 1.93. The average Bonchev–Trinajstić information content (AvgIpc) is 2.20. The van der Waals surface area contributed by atoms with E-state index in [-0.39, 0.29) is 5.76 Å². The van der Waals surface area contributed by atoms with Gasteiger partial charge in [-0.2, -0.15) is 0 Å². The molecule has 0 fully saturated rings. The minimum atomic E-state index is 0.220. The van der Waals surface area contributed by atoms with Crippen molar-refractivity contribution in [2.45, 2.75) is 0 Å². The van der Waals surface area contributed by atoms with Crippen LogP contribution >= 0.6 is 23.2 Å². The van der Waals surface area contributed by atoms with Gasteiger partial charge in [-0.3, -0.25) is 0 Å². The van der Waals surface area contributed by atoms with Crippen molar-refractivity contribution in [2.24, 2.45) is 0 Å². The molecule has 0 radical (unpaired) electrons. The van der Waals surface area contributed by atoms with Crippen molar-refractivity contribution in [3.05, 3.63) is 51.7 Å².